The lowest BCUT2D eigenvalue weighted by Gasteiger charge is -2.33. The van der Waals surface area contributed by atoms with Crippen LogP contribution in [-0.4, -0.2) is 29.2 Å². The number of H-pyrrole nitrogens is 2. The highest BCUT2D eigenvalue weighted by Gasteiger charge is 2.31. The van der Waals surface area contributed by atoms with E-state index in [0.717, 1.165) is 12.1 Å². The van der Waals surface area contributed by atoms with Crippen molar-refractivity contribution in [1.29, 1.82) is 0 Å². The predicted molar refractivity (Wildman–Crippen MR) is 110 cm³/mol. The van der Waals surface area contributed by atoms with Crippen molar-refractivity contribution in [3.63, 3.8) is 0 Å². The number of anilines is 2. The van der Waals surface area contributed by atoms with Gasteiger partial charge in [-0.15, -0.1) is 0 Å². The van der Waals surface area contributed by atoms with Crippen LogP contribution in [0, 0.1) is 5.92 Å². The summed E-state index contributed by atoms with van der Waals surface area (Å²) in [7, 11) is 0. The molecule has 10 heteroatoms. The van der Waals surface area contributed by atoms with Gasteiger partial charge < -0.3 is 10.2 Å². The molecule has 31 heavy (non-hydrogen) atoms. The number of piperidine rings is 1. The zero-order chi connectivity index (χ0) is 22.2. The average Bonchev–Trinajstić information content (AvgIpc) is 2.76. The van der Waals surface area contributed by atoms with Crippen LogP contribution in [0.2, 0.25) is 0 Å². The first-order valence-corrected chi connectivity index (χ1v) is 9.70. The highest BCUT2D eigenvalue weighted by Crippen LogP contribution is 2.33. The summed E-state index contributed by atoms with van der Waals surface area (Å²) in [6.07, 6.45) is -3.44. The van der Waals surface area contributed by atoms with Gasteiger partial charge in [0.15, 0.2) is 0 Å². The molecule has 1 aliphatic heterocycles. The van der Waals surface area contributed by atoms with E-state index in [-0.39, 0.29) is 22.6 Å². The van der Waals surface area contributed by atoms with Gasteiger partial charge in [0.1, 0.15) is 0 Å². The Balaban J connectivity index is 1.42. The molecule has 1 saturated heterocycles. The van der Waals surface area contributed by atoms with Crippen molar-refractivity contribution >= 4 is 28.1 Å². The fourth-order valence-corrected chi connectivity index (χ4v) is 3.78. The number of alkyl halides is 3. The van der Waals surface area contributed by atoms with Crippen LogP contribution in [0.15, 0.2) is 52.1 Å². The van der Waals surface area contributed by atoms with Gasteiger partial charge in [-0.05, 0) is 49.2 Å². The van der Waals surface area contributed by atoms with Gasteiger partial charge >= 0.3 is 6.18 Å². The second-order valence-corrected chi connectivity index (χ2v) is 7.47. The minimum absolute atomic E-state index is 0.168. The van der Waals surface area contributed by atoms with Crippen molar-refractivity contribution in [2.24, 2.45) is 5.92 Å². The molecule has 0 spiro atoms. The van der Waals surface area contributed by atoms with Gasteiger partial charge in [-0.25, -0.2) is 0 Å². The normalized spacial score (nSPS) is 15.3. The number of carbonyl (C=O) groups is 1. The molecule has 1 aromatic heterocycles. The number of fused-ring (bicyclic) bond motifs is 1. The van der Waals surface area contributed by atoms with Gasteiger partial charge in [0, 0.05) is 30.4 Å². The molecule has 1 aliphatic rings. The summed E-state index contributed by atoms with van der Waals surface area (Å²) < 4.78 is 38.8. The van der Waals surface area contributed by atoms with E-state index in [4.69, 9.17) is 0 Å². The van der Waals surface area contributed by atoms with E-state index in [1.807, 2.05) is 4.90 Å². The monoisotopic (exact) mass is 432 g/mol. The minimum Gasteiger partial charge on any atom is -0.371 e. The third-order valence-corrected chi connectivity index (χ3v) is 5.47. The molecule has 1 amide bonds. The molecule has 4 rings (SSSR count). The first-order valence-electron chi connectivity index (χ1n) is 9.70. The molecule has 1 fully saturated rings. The van der Waals surface area contributed by atoms with Gasteiger partial charge in [-0.2, -0.15) is 13.2 Å². The van der Waals surface area contributed by atoms with E-state index in [1.54, 1.807) is 12.1 Å². The van der Waals surface area contributed by atoms with Crippen LogP contribution in [-0.2, 0) is 11.0 Å². The second kappa shape index (κ2) is 7.93. The van der Waals surface area contributed by atoms with Gasteiger partial charge in [0.05, 0.1) is 16.3 Å². The number of aromatic nitrogens is 2. The van der Waals surface area contributed by atoms with Crippen LogP contribution in [0.4, 0.5) is 24.5 Å². The fraction of sp³-hybridized carbons (Fsp3) is 0.286. The molecule has 0 bridgehead atoms. The number of rotatable bonds is 3. The molecule has 0 aliphatic carbocycles. The van der Waals surface area contributed by atoms with E-state index < -0.39 is 22.9 Å². The molecule has 3 aromatic rings. The minimum atomic E-state index is -4.40. The van der Waals surface area contributed by atoms with Crippen LogP contribution < -0.4 is 21.3 Å². The number of aromatic amines is 2. The van der Waals surface area contributed by atoms with Crippen LogP contribution >= 0.6 is 0 Å². The first-order chi connectivity index (χ1) is 14.7. The maximum Gasteiger partial charge on any atom is 0.416 e. The summed E-state index contributed by atoms with van der Waals surface area (Å²) in [6.45, 7) is 0.901. The lowest BCUT2D eigenvalue weighted by atomic mass is 9.95. The Morgan fingerprint density at radius 2 is 1.65 bits per heavy atom. The summed E-state index contributed by atoms with van der Waals surface area (Å²) in [5, 5.41) is 7.62. The number of nitrogens with zero attached hydrogens (tertiary/aromatic N) is 1. The Morgan fingerprint density at radius 3 is 2.32 bits per heavy atom. The Hall–Kier alpha value is -3.56. The lowest BCUT2D eigenvalue weighted by Crippen LogP contribution is -2.38. The lowest BCUT2D eigenvalue weighted by molar-refractivity contribution is -0.137. The number of amides is 1. The molecule has 3 N–H and O–H groups in total. The van der Waals surface area contributed by atoms with E-state index in [9.17, 15) is 27.6 Å². The maximum absolute atomic E-state index is 12.9. The summed E-state index contributed by atoms with van der Waals surface area (Å²) in [5.74, 6) is -0.542. The van der Waals surface area contributed by atoms with E-state index >= 15 is 0 Å². The molecule has 162 valence electrons. The molecular weight excluding hydrogens is 413 g/mol. The number of hydrogen-bond donors (Lipinski definition) is 3. The van der Waals surface area contributed by atoms with Crippen molar-refractivity contribution in [3.05, 3.63) is 68.7 Å². The molecular formula is C21H19F3N4O3. The van der Waals surface area contributed by atoms with Crippen molar-refractivity contribution in [2.75, 3.05) is 23.3 Å². The number of benzene rings is 2. The smallest absolute Gasteiger partial charge is 0.371 e. The SMILES string of the molecule is O=C(Nc1ccc2c(=O)[nH][nH]c(=O)c2c1)C1CCN(c2cccc(C(F)(F)F)c2)CC1. The van der Waals surface area contributed by atoms with Crippen molar-refractivity contribution in [3.8, 4) is 0 Å². The summed E-state index contributed by atoms with van der Waals surface area (Å²) in [4.78, 5) is 38.2. The highest BCUT2D eigenvalue weighted by atomic mass is 19.4. The zero-order valence-electron chi connectivity index (χ0n) is 16.3. The summed E-state index contributed by atoms with van der Waals surface area (Å²) in [5.41, 5.74) is -0.730. The molecule has 2 heterocycles. The van der Waals surface area contributed by atoms with Gasteiger partial charge in [-0.1, -0.05) is 6.07 Å². The molecule has 7 nitrogen and oxygen atoms in total. The number of hydrogen-bond acceptors (Lipinski definition) is 4. The zero-order valence-corrected chi connectivity index (χ0v) is 16.3. The average molecular weight is 432 g/mol. The standard InChI is InChI=1S/C21H19F3N4O3/c22-21(23,24)13-2-1-3-15(10-13)28-8-6-12(7-9-28)18(29)25-14-4-5-16-17(11-14)20(31)27-26-19(16)30/h1-5,10-12H,6-9H2,(H,25,29)(H,26,30)(H,27,31). The van der Waals surface area contributed by atoms with Crippen molar-refractivity contribution < 1.29 is 18.0 Å². The Morgan fingerprint density at radius 1 is 0.968 bits per heavy atom. The molecule has 0 saturated carbocycles. The highest BCUT2D eigenvalue weighted by molar-refractivity contribution is 5.95. The quantitative estimate of drug-likeness (QED) is 0.593. The fourth-order valence-electron chi connectivity index (χ4n) is 3.78. The van der Waals surface area contributed by atoms with Crippen LogP contribution in [0.1, 0.15) is 18.4 Å². The summed E-state index contributed by atoms with van der Waals surface area (Å²) in [6, 6.07) is 9.62. The molecule has 0 atom stereocenters. The van der Waals surface area contributed by atoms with Gasteiger partial charge in [-0.3, -0.25) is 24.6 Å². The van der Waals surface area contributed by atoms with Crippen molar-refractivity contribution in [2.45, 2.75) is 19.0 Å². The Labute approximate surface area is 173 Å². The summed E-state index contributed by atoms with van der Waals surface area (Å²) >= 11 is 0. The third kappa shape index (κ3) is 4.32. The van der Waals surface area contributed by atoms with Gasteiger partial charge in [0.2, 0.25) is 5.91 Å². The Kier molecular flexibility index (Phi) is 5.30. The van der Waals surface area contributed by atoms with Crippen molar-refractivity contribution in [1.82, 2.24) is 10.2 Å². The Bertz CT molecular complexity index is 1240. The maximum atomic E-state index is 12.9. The van der Waals surface area contributed by atoms with E-state index in [0.29, 0.717) is 37.3 Å². The van der Waals surface area contributed by atoms with Crippen LogP contribution in [0.5, 0.6) is 0 Å². The predicted octanol–water partition coefficient (Wildman–Crippen LogP) is 3.09. The number of halogens is 3. The third-order valence-electron chi connectivity index (χ3n) is 5.47. The van der Waals surface area contributed by atoms with Crippen LogP contribution in [0.25, 0.3) is 10.8 Å². The number of nitrogens with one attached hydrogen (secondary N) is 3. The second-order valence-electron chi connectivity index (χ2n) is 7.47. The molecule has 2 aromatic carbocycles. The van der Waals surface area contributed by atoms with Crippen LogP contribution in [0.3, 0.4) is 0 Å². The van der Waals surface area contributed by atoms with E-state index in [1.165, 1.54) is 18.2 Å². The molecule has 0 unspecified atom stereocenters. The topological polar surface area (TPSA) is 98.1 Å². The van der Waals surface area contributed by atoms with Gasteiger partial charge in [0.25, 0.3) is 11.1 Å². The molecule has 0 radical (unpaired) electrons. The first kappa shape index (κ1) is 20.7. The van der Waals surface area contributed by atoms with E-state index in [2.05, 4.69) is 15.5 Å². The number of carbonyl (C=O) groups excluding carboxylic acids is 1. The largest absolute Gasteiger partial charge is 0.416 e.